The summed E-state index contributed by atoms with van der Waals surface area (Å²) in [5, 5.41) is 1.50. The van der Waals surface area contributed by atoms with Crippen LogP contribution >= 0.6 is 0 Å². The van der Waals surface area contributed by atoms with E-state index in [1.54, 1.807) is 74.5 Å². The van der Waals surface area contributed by atoms with Crippen molar-refractivity contribution in [3.63, 3.8) is 0 Å². The van der Waals surface area contributed by atoms with Crippen LogP contribution in [0.25, 0.3) is 10.8 Å². The highest BCUT2D eigenvalue weighted by Gasteiger charge is 2.16. The maximum atomic E-state index is 13.0. The van der Waals surface area contributed by atoms with Crippen molar-refractivity contribution in [1.29, 1.82) is 0 Å². The first-order chi connectivity index (χ1) is 23.5. The third kappa shape index (κ3) is 10.6. The van der Waals surface area contributed by atoms with Gasteiger partial charge in [0.05, 0.1) is 31.5 Å². The molecule has 0 aromatic heterocycles. The fourth-order valence-corrected chi connectivity index (χ4v) is 4.45. The number of carbonyl (C=O) groups is 4. The molecule has 0 aliphatic heterocycles. The van der Waals surface area contributed by atoms with Crippen molar-refractivity contribution in [2.24, 2.45) is 0 Å². The zero-order valence-corrected chi connectivity index (χ0v) is 27.7. The van der Waals surface area contributed by atoms with Crippen molar-refractivity contribution >= 4 is 34.6 Å². The molecule has 0 radical (unpaired) electrons. The summed E-state index contributed by atoms with van der Waals surface area (Å²) in [6.07, 6.45) is 3.46. The first-order valence-electron chi connectivity index (χ1n) is 15.6. The average molecular weight is 667 g/mol. The van der Waals surface area contributed by atoms with Crippen LogP contribution in [0, 0.1) is 0 Å². The second-order valence-corrected chi connectivity index (χ2v) is 11.2. The largest absolute Gasteiger partial charge is 0.494 e. The highest BCUT2D eigenvalue weighted by atomic mass is 16.6. The van der Waals surface area contributed by atoms with Gasteiger partial charge in [0.25, 0.3) is 0 Å². The summed E-state index contributed by atoms with van der Waals surface area (Å²) in [5.74, 6) is -0.567. The third-order valence-electron chi connectivity index (χ3n) is 7.13. The SMILES string of the molecule is C=C(C)C(=O)OCCCCCCOc1ccc(C(=O)Oc2ccc(OC(=O)c3ccc4cc(OC(=O)C(=C)C)ccc4c3)c(OC)c2)cc1. The Kier molecular flexibility index (Phi) is 12.7. The number of methoxy groups -OCH3 is 1. The zero-order valence-electron chi connectivity index (χ0n) is 27.7. The number of esters is 4. The molecule has 0 spiro atoms. The number of hydrogen-bond donors (Lipinski definition) is 0. The first-order valence-corrected chi connectivity index (χ1v) is 15.6. The predicted molar refractivity (Wildman–Crippen MR) is 183 cm³/mol. The van der Waals surface area contributed by atoms with E-state index in [-0.39, 0.29) is 28.8 Å². The summed E-state index contributed by atoms with van der Waals surface area (Å²) >= 11 is 0. The Morgan fingerprint density at radius 3 is 1.82 bits per heavy atom. The van der Waals surface area contributed by atoms with Crippen LogP contribution in [-0.4, -0.2) is 44.2 Å². The van der Waals surface area contributed by atoms with Gasteiger partial charge in [0, 0.05) is 17.2 Å². The molecule has 0 fully saturated rings. The van der Waals surface area contributed by atoms with Crippen LogP contribution in [0.15, 0.2) is 103 Å². The lowest BCUT2D eigenvalue weighted by Crippen LogP contribution is -2.11. The van der Waals surface area contributed by atoms with Crippen molar-refractivity contribution in [2.75, 3.05) is 20.3 Å². The minimum absolute atomic E-state index is 0.141. The van der Waals surface area contributed by atoms with E-state index < -0.39 is 17.9 Å². The van der Waals surface area contributed by atoms with E-state index in [1.165, 1.54) is 25.3 Å². The molecule has 10 heteroatoms. The molecule has 4 rings (SSSR count). The normalized spacial score (nSPS) is 10.5. The third-order valence-corrected chi connectivity index (χ3v) is 7.13. The first kappa shape index (κ1) is 35.9. The summed E-state index contributed by atoms with van der Waals surface area (Å²) < 4.78 is 32.6. The Hall–Kier alpha value is -5.90. The van der Waals surface area contributed by atoms with Crippen LogP contribution in [0.5, 0.6) is 28.7 Å². The maximum absolute atomic E-state index is 13.0. The highest BCUT2D eigenvalue weighted by Crippen LogP contribution is 2.33. The van der Waals surface area contributed by atoms with Gasteiger partial charge in [0.2, 0.25) is 0 Å². The van der Waals surface area contributed by atoms with Gasteiger partial charge in [-0.25, -0.2) is 19.2 Å². The van der Waals surface area contributed by atoms with Gasteiger partial charge in [-0.2, -0.15) is 0 Å². The molecular weight excluding hydrogens is 628 g/mol. The summed E-state index contributed by atoms with van der Waals surface area (Å²) in [7, 11) is 1.41. The molecule has 0 N–H and O–H groups in total. The monoisotopic (exact) mass is 666 g/mol. The van der Waals surface area contributed by atoms with Crippen LogP contribution in [0.1, 0.15) is 60.2 Å². The van der Waals surface area contributed by atoms with E-state index in [1.807, 2.05) is 0 Å². The van der Waals surface area contributed by atoms with Gasteiger partial charge in [-0.05, 0) is 111 Å². The quantitative estimate of drug-likeness (QED) is 0.0506. The van der Waals surface area contributed by atoms with E-state index in [0.29, 0.717) is 41.4 Å². The minimum Gasteiger partial charge on any atom is -0.494 e. The Morgan fingerprint density at radius 1 is 0.551 bits per heavy atom. The van der Waals surface area contributed by atoms with Gasteiger partial charge in [-0.15, -0.1) is 0 Å². The zero-order chi connectivity index (χ0) is 35.3. The van der Waals surface area contributed by atoms with E-state index in [9.17, 15) is 19.2 Å². The molecule has 49 heavy (non-hydrogen) atoms. The topological polar surface area (TPSA) is 124 Å². The van der Waals surface area contributed by atoms with E-state index >= 15 is 0 Å². The Morgan fingerprint density at radius 2 is 1.12 bits per heavy atom. The smallest absolute Gasteiger partial charge is 0.343 e. The van der Waals surface area contributed by atoms with Gasteiger partial charge in [-0.1, -0.05) is 25.3 Å². The highest BCUT2D eigenvalue weighted by molar-refractivity contribution is 5.97. The average Bonchev–Trinajstić information content (AvgIpc) is 3.09. The van der Waals surface area contributed by atoms with Crippen molar-refractivity contribution in [2.45, 2.75) is 39.5 Å². The number of fused-ring (bicyclic) bond motifs is 1. The molecule has 0 atom stereocenters. The summed E-state index contributed by atoms with van der Waals surface area (Å²) in [6.45, 7) is 11.2. The van der Waals surface area contributed by atoms with E-state index in [0.717, 1.165) is 36.5 Å². The van der Waals surface area contributed by atoms with E-state index in [2.05, 4.69) is 13.2 Å². The summed E-state index contributed by atoms with van der Waals surface area (Å²) in [5.41, 5.74) is 1.30. The van der Waals surface area contributed by atoms with Crippen LogP contribution in [0.3, 0.4) is 0 Å². The number of unbranched alkanes of at least 4 members (excludes halogenated alkanes) is 3. The summed E-state index contributed by atoms with van der Waals surface area (Å²) in [6, 6.07) is 21.1. The summed E-state index contributed by atoms with van der Waals surface area (Å²) in [4.78, 5) is 49.0. The van der Waals surface area contributed by atoms with Gasteiger partial charge < -0.3 is 28.4 Å². The van der Waals surface area contributed by atoms with Crippen LogP contribution in [0.2, 0.25) is 0 Å². The van der Waals surface area contributed by atoms with Gasteiger partial charge in [0.15, 0.2) is 11.5 Å². The van der Waals surface area contributed by atoms with Crippen molar-refractivity contribution in [3.8, 4) is 28.7 Å². The molecule has 0 bridgehead atoms. The van der Waals surface area contributed by atoms with Crippen molar-refractivity contribution < 1.29 is 47.6 Å². The molecule has 254 valence electrons. The van der Waals surface area contributed by atoms with Gasteiger partial charge in [0.1, 0.15) is 17.2 Å². The van der Waals surface area contributed by atoms with Gasteiger partial charge in [-0.3, -0.25) is 0 Å². The predicted octanol–water partition coefficient (Wildman–Crippen LogP) is 7.83. The number of hydrogen-bond acceptors (Lipinski definition) is 10. The lowest BCUT2D eigenvalue weighted by Gasteiger charge is -2.12. The minimum atomic E-state index is -0.619. The molecule has 0 aliphatic carbocycles. The van der Waals surface area contributed by atoms with Crippen LogP contribution in [-0.2, 0) is 14.3 Å². The molecule has 0 aliphatic rings. The molecule has 0 saturated carbocycles. The molecule has 10 nitrogen and oxygen atoms in total. The standard InChI is InChI=1S/C39H38O10/c1-25(2)36(40)46-21-9-7-6-8-20-45-31-15-12-27(13-16-31)38(42)48-33-18-19-34(35(24-33)44-5)49-39(43)30-11-10-29-23-32(17-14-28(29)22-30)47-37(41)26(3)4/h10-19,22-24H,1,3,6-9,20-21H2,2,4-5H3. The molecule has 4 aromatic rings. The van der Waals surface area contributed by atoms with Crippen LogP contribution in [0.4, 0.5) is 0 Å². The number of carbonyl (C=O) groups excluding carboxylic acids is 4. The lowest BCUT2D eigenvalue weighted by atomic mass is 10.1. The number of ether oxygens (including phenoxy) is 6. The molecule has 4 aromatic carbocycles. The Labute approximate surface area is 284 Å². The second kappa shape index (κ2) is 17.3. The van der Waals surface area contributed by atoms with Crippen LogP contribution < -0.4 is 23.7 Å². The molecule has 0 saturated heterocycles. The second-order valence-electron chi connectivity index (χ2n) is 11.2. The lowest BCUT2D eigenvalue weighted by molar-refractivity contribution is -0.139. The Bertz CT molecular complexity index is 1860. The number of rotatable bonds is 16. The van der Waals surface area contributed by atoms with Gasteiger partial charge >= 0.3 is 23.9 Å². The molecule has 0 unspecified atom stereocenters. The maximum Gasteiger partial charge on any atom is 0.343 e. The fourth-order valence-electron chi connectivity index (χ4n) is 4.45. The molecule has 0 heterocycles. The molecular formula is C39H38O10. The van der Waals surface area contributed by atoms with Crippen molar-refractivity contribution in [1.82, 2.24) is 0 Å². The Balaban J connectivity index is 1.26. The molecule has 0 amide bonds. The van der Waals surface area contributed by atoms with Crippen molar-refractivity contribution in [3.05, 3.63) is 114 Å². The van der Waals surface area contributed by atoms with E-state index in [4.69, 9.17) is 28.4 Å². The number of benzene rings is 4. The fraction of sp³-hybridized carbons (Fsp3) is 0.231.